The lowest BCUT2D eigenvalue weighted by atomic mass is 9.89. The SMILES string of the molecule is CCc1cc(C2(CN)CC2)c(C)cc1F. The molecule has 2 heteroatoms. The van der Waals surface area contributed by atoms with Crippen LogP contribution in [0.2, 0.25) is 0 Å². The van der Waals surface area contributed by atoms with Crippen molar-refractivity contribution in [2.75, 3.05) is 6.54 Å². The highest BCUT2D eigenvalue weighted by Crippen LogP contribution is 2.48. The van der Waals surface area contributed by atoms with Crippen LogP contribution in [0.15, 0.2) is 12.1 Å². The third-order valence-electron chi connectivity index (χ3n) is 3.59. The summed E-state index contributed by atoms with van der Waals surface area (Å²) in [7, 11) is 0. The van der Waals surface area contributed by atoms with Gasteiger partial charge in [0, 0.05) is 12.0 Å². The Balaban J connectivity index is 2.47. The number of hydrogen-bond donors (Lipinski definition) is 1. The van der Waals surface area contributed by atoms with E-state index in [9.17, 15) is 4.39 Å². The molecule has 82 valence electrons. The number of aryl methyl sites for hydroxylation is 2. The van der Waals surface area contributed by atoms with E-state index in [0.29, 0.717) is 6.54 Å². The molecule has 1 aromatic rings. The minimum absolute atomic E-state index is 0.0772. The Hall–Kier alpha value is -0.890. The van der Waals surface area contributed by atoms with Gasteiger partial charge in [0.2, 0.25) is 0 Å². The van der Waals surface area contributed by atoms with Crippen molar-refractivity contribution in [2.45, 2.75) is 38.5 Å². The second-order valence-corrected chi connectivity index (χ2v) is 4.60. The molecule has 0 saturated heterocycles. The van der Waals surface area contributed by atoms with Gasteiger partial charge in [-0.3, -0.25) is 0 Å². The lowest BCUT2D eigenvalue weighted by molar-refractivity contribution is 0.605. The second kappa shape index (κ2) is 3.60. The number of hydrogen-bond acceptors (Lipinski definition) is 1. The van der Waals surface area contributed by atoms with Crippen molar-refractivity contribution in [1.82, 2.24) is 0 Å². The summed E-state index contributed by atoms with van der Waals surface area (Å²) < 4.78 is 13.5. The van der Waals surface area contributed by atoms with Gasteiger partial charge in [-0.2, -0.15) is 0 Å². The second-order valence-electron chi connectivity index (χ2n) is 4.60. The lowest BCUT2D eigenvalue weighted by Crippen LogP contribution is -2.21. The highest BCUT2D eigenvalue weighted by atomic mass is 19.1. The van der Waals surface area contributed by atoms with Gasteiger partial charge >= 0.3 is 0 Å². The minimum Gasteiger partial charge on any atom is -0.330 e. The van der Waals surface area contributed by atoms with Gasteiger partial charge in [0.05, 0.1) is 0 Å². The Kier molecular flexibility index (Phi) is 2.55. The topological polar surface area (TPSA) is 26.0 Å². The van der Waals surface area contributed by atoms with Crippen molar-refractivity contribution in [3.8, 4) is 0 Å². The molecule has 0 bridgehead atoms. The van der Waals surface area contributed by atoms with Crippen LogP contribution in [0, 0.1) is 12.7 Å². The van der Waals surface area contributed by atoms with E-state index in [-0.39, 0.29) is 11.2 Å². The molecular weight excluding hydrogens is 189 g/mol. The number of halogens is 1. The van der Waals surface area contributed by atoms with Gasteiger partial charge < -0.3 is 5.73 Å². The molecule has 0 aromatic heterocycles. The third kappa shape index (κ3) is 1.67. The van der Waals surface area contributed by atoms with E-state index in [1.165, 1.54) is 5.56 Å². The van der Waals surface area contributed by atoms with Crippen molar-refractivity contribution in [1.29, 1.82) is 0 Å². The number of rotatable bonds is 3. The first kappa shape index (κ1) is 10.6. The van der Waals surface area contributed by atoms with Crippen LogP contribution in [0.3, 0.4) is 0 Å². The van der Waals surface area contributed by atoms with E-state index in [1.807, 2.05) is 19.9 Å². The average Bonchev–Trinajstić information content (AvgIpc) is 2.99. The van der Waals surface area contributed by atoms with Crippen LogP contribution in [0.1, 0.15) is 36.5 Å². The summed E-state index contributed by atoms with van der Waals surface area (Å²) in [5.41, 5.74) is 9.10. The maximum Gasteiger partial charge on any atom is 0.126 e. The minimum atomic E-state index is -0.0772. The molecule has 2 N–H and O–H groups in total. The van der Waals surface area contributed by atoms with Gasteiger partial charge in [-0.15, -0.1) is 0 Å². The first-order chi connectivity index (χ1) is 7.13. The quantitative estimate of drug-likeness (QED) is 0.810. The summed E-state index contributed by atoms with van der Waals surface area (Å²) in [6, 6.07) is 3.68. The van der Waals surface area contributed by atoms with Gasteiger partial charge in [-0.25, -0.2) is 4.39 Å². The van der Waals surface area contributed by atoms with Crippen LogP contribution >= 0.6 is 0 Å². The zero-order valence-corrected chi connectivity index (χ0v) is 9.44. The van der Waals surface area contributed by atoms with Gasteiger partial charge in [-0.1, -0.05) is 13.0 Å². The maximum atomic E-state index is 13.5. The molecule has 0 atom stereocenters. The fraction of sp³-hybridized carbons (Fsp3) is 0.538. The molecule has 0 radical (unpaired) electrons. The summed E-state index contributed by atoms with van der Waals surface area (Å²) in [4.78, 5) is 0. The first-order valence-electron chi connectivity index (χ1n) is 5.62. The number of nitrogens with two attached hydrogens (primary N) is 1. The monoisotopic (exact) mass is 207 g/mol. The van der Waals surface area contributed by atoms with Crippen LogP contribution in [0.4, 0.5) is 4.39 Å². The number of benzene rings is 1. The Morgan fingerprint density at radius 2 is 2.07 bits per heavy atom. The van der Waals surface area contributed by atoms with Crippen molar-refractivity contribution in [2.24, 2.45) is 5.73 Å². The molecule has 1 nitrogen and oxygen atoms in total. The van der Waals surface area contributed by atoms with E-state index in [2.05, 4.69) is 0 Å². The summed E-state index contributed by atoms with van der Waals surface area (Å²) in [5.74, 6) is -0.0772. The standard InChI is InChI=1S/C13H18FN/c1-3-10-7-11(9(2)6-12(10)14)13(8-15)4-5-13/h6-7H,3-5,8,15H2,1-2H3. The fourth-order valence-electron chi connectivity index (χ4n) is 2.29. The van der Waals surface area contributed by atoms with E-state index >= 15 is 0 Å². The first-order valence-corrected chi connectivity index (χ1v) is 5.62. The normalized spacial score (nSPS) is 17.9. The largest absolute Gasteiger partial charge is 0.330 e. The molecule has 1 aromatic carbocycles. The molecule has 15 heavy (non-hydrogen) atoms. The molecule has 0 aliphatic heterocycles. The zero-order valence-electron chi connectivity index (χ0n) is 9.44. The van der Waals surface area contributed by atoms with E-state index in [1.54, 1.807) is 6.07 Å². The van der Waals surface area contributed by atoms with Crippen LogP contribution < -0.4 is 5.73 Å². The third-order valence-corrected chi connectivity index (χ3v) is 3.59. The Labute approximate surface area is 90.5 Å². The molecule has 0 heterocycles. The van der Waals surface area contributed by atoms with E-state index in [4.69, 9.17) is 5.73 Å². The summed E-state index contributed by atoms with van der Waals surface area (Å²) in [6.45, 7) is 4.65. The fourth-order valence-corrected chi connectivity index (χ4v) is 2.29. The van der Waals surface area contributed by atoms with Crippen LogP contribution in [0.5, 0.6) is 0 Å². The van der Waals surface area contributed by atoms with Crippen LogP contribution in [-0.4, -0.2) is 6.54 Å². The summed E-state index contributed by atoms with van der Waals surface area (Å²) >= 11 is 0. The van der Waals surface area contributed by atoms with Crippen molar-refractivity contribution < 1.29 is 4.39 Å². The molecule has 0 unspecified atom stereocenters. The predicted octanol–water partition coefficient (Wildman–Crippen LogP) is 2.69. The molecule has 1 saturated carbocycles. The van der Waals surface area contributed by atoms with Crippen molar-refractivity contribution >= 4 is 0 Å². The van der Waals surface area contributed by atoms with Gasteiger partial charge in [-0.05, 0) is 48.9 Å². The van der Waals surface area contributed by atoms with Gasteiger partial charge in [0.25, 0.3) is 0 Å². The zero-order chi connectivity index (χ0) is 11.1. The van der Waals surface area contributed by atoms with E-state index < -0.39 is 0 Å². The highest BCUT2D eigenvalue weighted by Gasteiger charge is 2.43. The summed E-state index contributed by atoms with van der Waals surface area (Å²) in [5, 5.41) is 0. The molecule has 1 aliphatic carbocycles. The Bertz CT molecular complexity index is 380. The molecule has 0 spiro atoms. The van der Waals surface area contributed by atoms with Gasteiger partial charge in [0.15, 0.2) is 0 Å². The average molecular weight is 207 g/mol. The smallest absolute Gasteiger partial charge is 0.126 e. The summed E-state index contributed by atoms with van der Waals surface area (Å²) in [6.07, 6.45) is 3.05. The highest BCUT2D eigenvalue weighted by molar-refractivity contribution is 5.41. The van der Waals surface area contributed by atoms with Crippen molar-refractivity contribution in [3.05, 3.63) is 34.6 Å². The lowest BCUT2D eigenvalue weighted by Gasteiger charge is -2.17. The van der Waals surface area contributed by atoms with Crippen molar-refractivity contribution in [3.63, 3.8) is 0 Å². The molecule has 1 fully saturated rings. The van der Waals surface area contributed by atoms with Gasteiger partial charge in [0.1, 0.15) is 5.82 Å². The molecule has 0 amide bonds. The predicted molar refractivity (Wildman–Crippen MR) is 60.5 cm³/mol. The molecular formula is C13H18FN. The Morgan fingerprint density at radius 1 is 1.40 bits per heavy atom. The maximum absolute atomic E-state index is 13.5. The molecule has 1 aliphatic rings. The molecule has 2 rings (SSSR count). The van der Waals surface area contributed by atoms with E-state index in [0.717, 1.165) is 30.4 Å². The Morgan fingerprint density at radius 3 is 2.53 bits per heavy atom. The van der Waals surface area contributed by atoms with Crippen LogP contribution in [0.25, 0.3) is 0 Å². The van der Waals surface area contributed by atoms with Crippen LogP contribution in [-0.2, 0) is 11.8 Å².